The highest BCUT2D eigenvalue weighted by Crippen LogP contribution is 2.40. The summed E-state index contributed by atoms with van der Waals surface area (Å²) in [6.07, 6.45) is 2.51. The van der Waals surface area contributed by atoms with Crippen molar-refractivity contribution in [2.45, 2.75) is 24.3 Å². The summed E-state index contributed by atoms with van der Waals surface area (Å²) in [7, 11) is 0. The molecule has 0 saturated heterocycles. The van der Waals surface area contributed by atoms with Crippen LogP contribution >= 0.6 is 11.8 Å². The first-order chi connectivity index (χ1) is 7.43. The van der Waals surface area contributed by atoms with E-state index < -0.39 is 0 Å². The maximum absolute atomic E-state index is 2.35. The Hall–Kier alpha value is -0.950. The van der Waals surface area contributed by atoms with E-state index in [0.717, 1.165) is 0 Å². The number of rotatable bonds is 0. The molecule has 2 aliphatic rings. The van der Waals surface area contributed by atoms with Crippen molar-refractivity contribution in [3.8, 4) is 0 Å². The zero-order valence-corrected chi connectivity index (χ0v) is 9.36. The second kappa shape index (κ2) is 2.79. The fourth-order valence-electron chi connectivity index (χ4n) is 2.99. The van der Waals surface area contributed by atoms with E-state index in [0.29, 0.717) is 0 Å². The third kappa shape index (κ3) is 0.993. The van der Waals surface area contributed by atoms with Crippen LogP contribution in [0.3, 0.4) is 0 Å². The molecule has 74 valence electrons. The molecule has 0 radical (unpaired) electrons. The lowest BCUT2D eigenvalue weighted by Crippen LogP contribution is -1.97. The lowest BCUT2D eigenvalue weighted by molar-refractivity contribution is 1.02. The molecule has 2 aromatic rings. The van der Waals surface area contributed by atoms with Gasteiger partial charge in [0, 0.05) is 11.5 Å². The summed E-state index contributed by atoms with van der Waals surface area (Å²) >= 11 is 2.04. The van der Waals surface area contributed by atoms with E-state index in [9.17, 15) is 0 Å². The molecule has 0 atom stereocenters. The molecular formula is C14H12S. The molecule has 1 heterocycles. The Morgan fingerprint density at radius 1 is 0.667 bits per heavy atom. The van der Waals surface area contributed by atoms with Crippen molar-refractivity contribution in [2.24, 2.45) is 0 Å². The van der Waals surface area contributed by atoms with E-state index in [4.69, 9.17) is 0 Å². The van der Waals surface area contributed by atoms with E-state index >= 15 is 0 Å². The molecular weight excluding hydrogens is 200 g/mol. The SMILES string of the molecule is c1cc2c3c(ccc4c3c1CC4)CSC2. The molecule has 15 heavy (non-hydrogen) atoms. The van der Waals surface area contributed by atoms with Crippen LogP contribution in [0.15, 0.2) is 24.3 Å². The molecule has 0 fully saturated rings. The van der Waals surface area contributed by atoms with Crippen LogP contribution in [0.1, 0.15) is 22.3 Å². The lowest BCUT2D eigenvalue weighted by Gasteiger charge is -2.18. The van der Waals surface area contributed by atoms with Gasteiger partial charge in [-0.05, 0) is 45.9 Å². The lowest BCUT2D eigenvalue weighted by atomic mass is 9.96. The smallest absolute Gasteiger partial charge is 0.0194 e. The van der Waals surface area contributed by atoms with Gasteiger partial charge in [0.15, 0.2) is 0 Å². The van der Waals surface area contributed by atoms with Gasteiger partial charge in [0.1, 0.15) is 0 Å². The molecule has 0 amide bonds. The molecule has 4 rings (SSSR count). The first-order valence-corrected chi connectivity index (χ1v) is 6.72. The normalized spacial score (nSPS) is 17.3. The molecule has 0 nitrogen and oxygen atoms in total. The van der Waals surface area contributed by atoms with E-state index in [2.05, 4.69) is 24.3 Å². The Bertz CT molecular complexity index is 522. The first-order valence-electron chi connectivity index (χ1n) is 5.56. The molecule has 1 heteroatoms. The summed E-state index contributed by atoms with van der Waals surface area (Å²) in [5.41, 5.74) is 6.28. The summed E-state index contributed by atoms with van der Waals surface area (Å²) < 4.78 is 0. The van der Waals surface area contributed by atoms with Crippen LogP contribution in [-0.4, -0.2) is 0 Å². The van der Waals surface area contributed by atoms with Crippen molar-refractivity contribution in [3.05, 3.63) is 46.5 Å². The van der Waals surface area contributed by atoms with Crippen LogP contribution in [0.4, 0.5) is 0 Å². The number of thioether (sulfide) groups is 1. The third-order valence-electron chi connectivity index (χ3n) is 3.68. The highest BCUT2D eigenvalue weighted by molar-refractivity contribution is 7.97. The first kappa shape index (κ1) is 8.23. The van der Waals surface area contributed by atoms with E-state index in [1.165, 1.54) is 24.3 Å². The van der Waals surface area contributed by atoms with Crippen molar-refractivity contribution in [3.63, 3.8) is 0 Å². The zero-order valence-electron chi connectivity index (χ0n) is 8.55. The largest absolute Gasteiger partial charge is 0.152 e. The van der Waals surface area contributed by atoms with Crippen LogP contribution in [-0.2, 0) is 24.3 Å². The van der Waals surface area contributed by atoms with Crippen LogP contribution in [0.25, 0.3) is 10.8 Å². The minimum atomic E-state index is 1.20. The van der Waals surface area contributed by atoms with Crippen molar-refractivity contribution in [1.29, 1.82) is 0 Å². The highest BCUT2D eigenvalue weighted by Gasteiger charge is 2.20. The molecule has 0 aromatic heterocycles. The highest BCUT2D eigenvalue weighted by atomic mass is 32.2. The molecule has 0 spiro atoms. The van der Waals surface area contributed by atoms with Crippen LogP contribution in [0.5, 0.6) is 0 Å². The quantitative estimate of drug-likeness (QED) is 0.642. The Labute approximate surface area is 93.7 Å². The maximum Gasteiger partial charge on any atom is 0.0194 e. The standard InChI is InChI=1S/C14H12S/c1-2-10-4-6-12-8-15-7-11-5-3-9(1)13(10)14(11)12/h3-6H,1-2,7-8H2. The van der Waals surface area contributed by atoms with Gasteiger partial charge in [-0.3, -0.25) is 0 Å². The monoisotopic (exact) mass is 212 g/mol. The molecule has 0 bridgehead atoms. The number of hydrogen-bond acceptors (Lipinski definition) is 1. The second-order valence-corrected chi connectivity index (χ2v) is 5.50. The third-order valence-corrected chi connectivity index (χ3v) is 4.71. The fraction of sp³-hybridized carbons (Fsp3) is 0.286. The van der Waals surface area contributed by atoms with Crippen LogP contribution in [0.2, 0.25) is 0 Å². The predicted octanol–water partition coefficient (Wildman–Crippen LogP) is 3.69. The Morgan fingerprint density at radius 2 is 1.13 bits per heavy atom. The topological polar surface area (TPSA) is 0 Å². The minimum Gasteiger partial charge on any atom is -0.152 e. The summed E-state index contributed by atoms with van der Waals surface area (Å²) in [5, 5.41) is 3.20. The summed E-state index contributed by atoms with van der Waals surface area (Å²) in [6.45, 7) is 0. The van der Waals surface area contributed by atoms with Crippen LogP contribution < -0.4 is 0 Å². The van der Waals surface area contributed by atoms with Gasteiger partial charge in [0.25, 0.3) is 0 Å². The van der Waals surface area contributed by atoms with Crippen molar-refractivity contribution >= 4 is 22.5 Å². The number of benzene rings is 2. The average Bonchev–Trinajstić information content (AvgIpc) is 2.71. The predicted molar refractivity (Wildman–Crippen MR) is 66.4 cm³/mol. The Morgan fingerprint density at radius 3 is 1.73 bits per heavy atom. The van der Waals surface area contributed by atoms with Crippen molar-refractivity contribution < 1.29 is 0 Å². The van der Waals surface area contributed by atoms with Gasteiger partial charge in [-0.25, -0.2) is 0 Å². The van der Waals surface area contributed by atoms with E-state index in [1.54, 1.807) is 33.0 Å². The zero-order chi connectivity index (χ0) is 9.83. The van der Waals surface area contributed by atoms with E-state index in [-0.39, 0.29) is 0 Å². The van der Waals surface area contributed by atoms with Gasteiger partial charge in [0.2, 0.25) is 0 Å². The molecule has 1 aliphatic carbocycles. The summed E-state index contributed by atoms with van der Waals surface area (Å²) in [6, 6.07) is 9.40. The Balaban J connectivity index is 2.27. The van der Waals surface area contributed by atoms with Gasteiger partial charge in [-0.15, -0.1) is 0 Å². The second-order valence-electron chi connectivity index (χ2n) is 4.51. The maximum atomic E-state index is 2.35. The Kier molecular flexibility index (Phi) is 1.53. The molecule has 1 aliphatic heterocycles. The van der Waals surface area contributed by atoms with E-state index in [1.807, 2.05) is 11.8 Å². The molecule has 2 aromatic carbocycles. The van der Waals surface area contributed by atoms with Gasteiger partial charge < -0.3 is 0 Å². The average molecular weight is 212 g/mol. The van der Waals surface area contributed by atoms with Gasteiger partial charge >= 0.3 is 0 Å². The molecule has 0 N–H and O–H groups in total. The van der Waals surface area contributed by atoms with Crippen LogP contribution in [0, 0.1) is 0 Å². The van der Waals surface area contributed by atoms with Crippen molar-refractivity contribution in [1.82, 2.24) is 0 Å². The number of hydrogen-bond donors (Lipinski definition) is 0. The molecule has 0 saturated carbocycles. The molecule has 0 unspecified atom stereocenters. The summed E-state index contributed by atoms with van der Waals surface area (Å²) in [4.78, 5) is 0. The van der Waals surface area contributed by atoms with Gasteiger partial charge in [0.05, 0.1) is 0 Å². The van der Waals surface area contributed by atoms with Crippen molar-refractivity contribution in [2.75, 3.05) is 0 Å². The summed E-state index contributed by atoms with van der Waals surface area (Å²) in [5.74, 6) is 2.40. The van der Waals surface area contributed by atoms with Gasteiger partial charge in [-0.1, -0.05) is 24.3 Å². The fourth-order valence-corrected chi connectivity index (χ4v) is 4.01. The number of aryl methyl sites for hydroxylation is 2. The van der Waals surface area contributed by atoms with Gasteiger partial charge in [-0.2, -0.15) is 11.8 Å². The minimum absolute atomic E-state index is 1.20.